The first kappa shape index (κ1) is 10.5. The van der Waals surface area contributed by atoms with Gasteiger partial charge in [-0.25, -0.2) is 0 Å². The minimum Gasteiger partial charge on any atom is -0.348 e. The van der Waals surface area contributed by atoms with E-state index in [9.17, 15) is 4.79 Å². The van der Waals surface area contributed by atoms with E-state index in [4.69, 9.17) is 0 Å². The number of nitrogens with zero attached hydrogens (tertiary/aromatic N) is 1. The van der Waals surface area contributed by atoms with Gasteiger partial charge in [0.2, 0.25) is 5.91 Å². The quantitative estimate of drug-likeness (QED) is 0.687. The van der Waals surface area contributed by atoms with E-state index in [0.717, 1.165) is 12.3 Å². The molecule has 0 aromatic heterocycles. The Morgan fingerprint density at radius 1 is 1.54 bits per heavy atom. The molecule has 1 saturated carbocycles. The molecule has 0 spiro atoms. The van der Waals surface area contributed by atoms with Crippen molar-refractivity contribution in [3.05, 3.63) is 0 Å². The van der Waals surface area contributed by atoms with Crippen LogP contribution in [0.5, 0.6) is 0 Å². The van der Waals surface area contributed by atoms with Gasteiger partial charge in [-0.3, -0.25) is 4.79 Å². The fraction of sp³-hybridized carbons (Fsp3) is 0.900. The molecule has 3 nitrogen and oxygen atoms in total. The van der Waals surface area contributed by atoms with Gasteiger partial charge >= 0.3 is 0 Å². The predicted octanol–water partition coefficient (Wildman–Crippen LogP) is 0.853. The molecule has 0 saturated heterocycles. The number of carbonyl (C=O) groups excluding carboxylic acids is 1. The molecule has 1 aliphatic carbocycles. The zero-order chi connectivity index (χ0) is 9.84. The molecule has 1 fully saturated rings. The molecular formula is C10H20N2O. The van der Waals surface area contributed by atoms with Gasteiger partial charge in [0, 0.05) is 20.1 Å². The van der Waals surface area contributed by atoms with E-state index in [0.29, 0.717) is 12.6 Å². The average molecular weight is 184 g/mol. The van der Waals surface area contributed by atoms with Gasteiger partial charge in [-0.2, -0.15) is 0 Å². The summed E-state index contributed by atoms with van der Waals surface area (Å²) < 4.78 is 0. The lowest BCUT2D eigenvalue weighted by molar-refractivity contribution is -0.127. The van der Waals surface area contributed by atoms with Gasteiger partial charge < -0.3 is 10.2 Å². The highest BCUT2D eigenvalue weighted by atomic mass is 16.2. The third-order valence-electron chi connectivity index (χ3n) is 2.65. The maximum Gasteiger partial charge on any atom is 0.236 e. The van der Waals surface area contributed by atoms with Crippen molar-refractivity contribution in [1.29, 1.82) is 0 Å². The molecule has 1 rings (SSSR count). The third kappa shape index (κ3) is 3.35. The Morgan fingerprint density at radius 2 is 2.15 bits per heavy atom. The molecule has 0 heterocycles. The Kier molecular flexibility index (Phi) is 3.72. The Hall–Kier alpha value is -0.570. The number of hydrogen-bond acceptors (Lipinski definition) is 2. The van der Waals surface area contributed by atoms with Crippen LogP contribution in [0, 0.1) is 5.92 Å². The first-order valence-electron chi connectivity index (χ1n) is 5.08. The fourth-order valence-electron chi connectivity index (χ4n) is 1.52. The lowest BCUT2D eigenvalue weighted by atomic mass is 10.1. The minimum absolute atomic E-state index is 0.166. The SMILES string of the molecule is CCC(NCC(=O)N(C)C)C1CC1. The Bertz CT molecular complexity index is 176. The van der Waals surface area contributed by atoms with E-state index in [-0.39, 0.29) is 5.91 Å². The van der Waals surface area contributed by atoms with Crippen LogP contribution >= 0.6 is 0 Å². The standard InChI is InChI=1S/C10H20N2O/c1-4-9(8-5-6-8)11-7-10(13)12(2)3/h8-9,11H,4-7H2,1-3H3. The molecule has 0 aliphatic heterocycles. The summed E-state index contributed by atoms with van der Waals surface area (Å²) in [7, 11) is 3.59. The zero-order valence-electron chi connectivity index (χ0n) is 8.84. The number of rotatable bonds is 5. The monoisotopic (exact) mass is 184 g/mol. The van der Waals surface area contributed by atoms with Crippen LogP contribution < -0.4 is 5.32 Å². The van der Waals surface area contributed by atoms with Crippen molar-refractivity contribution >= 4 is 5.91 Å². The van der Waals surface area contributed by atoms with Crippen LogP contribution in [-0.2, 0) is 4.79 Å². The zero-order valence-corrected chi connectivity index (χ0v) is 8.84. The lowest BCUT2D eigenvalue weighted by Crippen LogP contribution is -2.39. The van der Waals surface area contributed by atoms with E-state index < -0.39 is 0 Å². The van der Waals surface area contributed by atoms with Crippen LogP contribution in [-0.4, -0.2) is 37.5 Å². The number of carbonyl (C=O) groups is 1. The van der Waals surface area contributed by atoms with Crippen molar-refractivity contribution in [2.45, 2.75) is 32.2 Å². The van der Waals surface area contributed by atoms with Gasteiger partial charge in [0.05, 0.1) is 6.54 Å². The molecule has 0 aromatic carbocycles. The van der Waals surface area contributed by atoms with Crippen LogP contribution in [0.15, 0.2) is 0 Å². The van der Waals surface area contributed by atoms with Crippen LogP contribution in [0.3, 0.4) is 0 Å². The summed E-state index contributed by atoms with van der Waals surface area (Å²) in [4.78, 5) is 12.9. The van der Waals surface area contributed by atoms with E-state index >= 15 is 0 Å². The Morgan fingerprint density at radius 3 is 2.54 bits per heavy atom. The number of likely N-dealkylation sites (N-methyl/N-ethyl adjacent to an activating group) is 1. The molecule has 1 atom stereocenters. The molecule has 1 aliphatic rings. The molecule has 76 valence electrons. The third-order valence-corrected chi connectivity index (χ3v) is 2.65. The molecule has 0 aromatic rings. The maximum atomic E-state index is 11.3. The van der Waals surface area contributed by atoms with Crippen molar-refractivity contribution in [1.82, 2.24) is 10.2 Å². The van der Waals surface area contributed by atoms with Gasteiger partial charge in [-0.05, 0) is 25.2 Å². The number of hydrogen-bond donors (Lipinski definition) is 1. The average Bonchev–Trinajstić information content (AvgIpc) is 2.88. The summed E-state index contributed by atoms with van der Waals surface area (Å²) in [5.74, 6) is 0.999. The van der Waals surface area contributed by atoms with Gasteiger partial charge in [0.1, 0.15) is 0 Å². The lowest BCUT2D eigenvalue weighted by Gasteiger charge is -2.17. The van der Waals surface area contributed by atoms with E-state index in [2.05, 4.69) is 12.2 Å². The van der Waals surface area contributed by atoms with Crippen LogP contribution in [0.1, 0.15) is 26.2 Å². The molecule has 1 N–H and O–H groups in total. The van der Waals surface area contributed by atoms with Gasteiger partial charge in [-0.15, -0.1) is 0 Å². The molecule has 1 amide bonds. The highest BCUT2D eigenvalue weighted by molar-refractivity contribution is 5.77. The molecule has 0 bridgehead atoms. The van der Waals surface area contributed by atoms with E-state index in [1.807, 2.05) is 0 Å². The second kappa shape index (κ2) is 4.61. The van der Waals surface area contributed by atoms with Crippen molar-refractivity contribution in [3.63, 3.8) is 0 Å². The highest BCUT2D eigenvalue weighted by Crippen LogP contribution is 2.33. The molecule has 1 unspecified atom stereocenters. The van der Waals surface area contributed by atoms with Crippen molar-refractivity contribution in [2.24, 2.45) is 5.92 Å². The first-order chi connectivity index (χ1) is 6.15. The Labute approximate surface area is 80.5 Å². The molecule has 0 radical (unpaired) electrons. The van der Waals surface area contributed by atoms with Crippen molar-refractivity contribution in [2.75, 3.05) is 20.6 Å². The summed E-state index contributed by atoms with van der Waals surface area (Å²) in [5.41, 5.74) is 0. The summed E-state index contributed by atoms with van der Waals surface area (Å²) >= 11 is 0. The van der Waals surface area contributed by atoms with E-state index in [1.165, 1.54) is 12.8 Å². The van der Waals surface area contributed by atoms with Gasteiger partial charge in [0.25, 0.3) is 0 Å². The minimum atomic E-state index is 0.166. The Balaban J connectivity index is 2.19. The summed E-state index contributed by atoms with van der Waals surface area (Å²) in [6.45, 7) is 2.66. The van der Waals surface area contributed by atoms with Crippen LogP contribution in [0.2, 0.25) is 0 Å². The van der Waals surface area contributed by atoms with Crippen LogP contribution in [0.25, 0.3) is 0 Å². The summed E-state index contributed by atoms with van der Waals surface area (Å²) in [6.07, 6.45) is 3.80. The van der Waals surface area contributed by atoms with Gasteiger partial charge in [-0.1, -0.05) is 6.92 Å². The predicted molar refractivity (Wildman–Crippen MR) is 53.5 cm³/mol. The molecule has 13 heavy (non-hydrogen) atoms. The normalized spacial score (nSPS) is 18.4. The molecule has 3 heteroatoms. The molecular weight excluding hydrogens is 164 g/mol. The number of amides is 1. The summed E-state index contributed by atoms with van der Waals surface area (Å²) in [5, 5.41) is 3.32. The largest absolute Gasteiger partial charge is 0.348 e. The number of nitrogens with one attached hydrogen (secondary N) is 1. The smallest absolute Gasteiger partial charge is 0.236 e. The van der Waals surface area contributed by atoms with E-state index in [1.54, 1.807) is 19.0 Å². The topological polar surface area (TPSA) is 32.3 Å². The van der Waals surface area contributed by atoms with Crippen LogP contribution in [0.4, 0.5) is 0 Å². The second-order valence-electron chi connectivity index (χ2n) is 4.02. The first-order valence-corrected chi connectivity index (χ1v) is 5.08. The maximum absolute atomic E-state index is 11.3. The highest BCUT2D eigenvalue weighted by Gasteiger charge is 2.29. The van der Waals surface area contributed by atoms with Crippen molar-refractivity contribution in [3.8, 4) is 0 Å². The fourth-order valence-corrected chi connectivity index (χ4v) is 1.52. The van der Waals surface area contributed by atoms with Gasteiger partial charge in [0.15, 0.2) is 0 Å². The second-order valence-corrected chi connectivity index (χ2v) is 4.02. The summed E-state index contributed by atoms with van der Waals surface area (Å²) in [6, 6.07) is 0.559. The van der Waals surface area contributed by atoms with Crippen molar-refractivity contribution < 1.29 is 4.79 Å².